The van der Waals surface area contributed by atoms with E-state index in [1.54, 1.807) is 11.3 Å². The highest BCUT2D eigenvalue weighted by atomic mass is 32.1. The van der Waals surface area contributed by atoms with Gasteiger partial charge in [-0.15, -0.1) is 11.3 Å². The Hall–Kier alpha value is -1.96. The Morgan fingerprint density at radius 1 is 1.18 bits per heavy atom. The molecule has 1 saturated heterocycles. The number of nitrogens with one attached hydrogen (secondary N) is 1. The van der Waals surface area contributed by atoms with Crippen LogP contribution in [0.2, 0.25) is 0 Å². The SMILES string of the molecule is CN=C(NCCN1CCN(Cc2ccccc2)CC1)N(C)Cc1csc(C)n1. The summed E-state index contributed by atoms with van der Waals surface area (Å²) in [5, 5.41) is 6.72. The summed E-state index contributed by atoms with van der Waals surface area (Å²) in [4.78, 5) is 16.2. The number of benzene rings is 1. The average Bonchev–Trinajstić information content (AvgIpc) is 3.12. The minimum Gasteiger partial charge on any atom is -0.355 e. The van der Waals surface area contributed by atoms with Gasteiger partial charge in [-0.3, -0.25) is 14.8 Å². The second-order valence-electron chi connectivity index (χ2n) is 7.29. The van der Waals surface area contributed by atoms with Gasteiger partial charge in [-0.05, 0) is 12.5 Å². The average molecular weight is 401 g/mol. The van der Waals surface area contributed by atoms with Crippen molar-refractivity contribution in [2.75, 3.05) is 53.4 Å². The zero-order valence-electron chi connectivity index (χ0n) is 17.3. The number of aliphatic imine (C=N–C) groups is 1. The highest BCUT2D eigenvalue weighted by molar-refractivity contribution is 7.09. The van der Waals surface area contributed by atoms with E-state index in [0.29, 0.717) is 0 Å². The number of guanidine groups is 1. The molecule has 1 aliphatic rings. The van der Waals surface area contributed by atoms with Crippen LogP contribution in [0.4, 0.5) is 0 Å². The molecule has 0 bridgehead atoms. The lowest BCUT2D eigenvalue weighted by atomic mass is 10.2. The standard InChI is InChI=1S/C21H32N6S/c1-18-24-20(17-28-18)16-25(3)21(22-2)23-9-10-26-11-13-27(14-12-26)15-19-7-5-4-6-8-19/h4-8,17H,9-16H2,1-3H3,(H,22,23). The van der Waals surface area contributed by atoms with Crippen LogP contribution in [0.25, 0.3) is 0 Å². The Kier molecular flexibility index (Phi) is 7.82. The zero-order valence-corrected chi connectivity index (χ0v) is 18.1. The topological polar surface area (TPSA) is 47.0 Å². The maximum atomic E-state index is 4.54. The van der Waals surface area contributed by atoms with Gasteiger partial charge >= 0.3 is 0 Å². The first-order valence-corrected chi connectivity index (χ1v) is 10.8. The third-order valence-corrected chi connectivity index (χ3v) is 5.89. The van der Waals surface area contributed by atoms with Gasteiger partial charge in [0.15, 0.2) is 5.96 Å². The number of hydrogen-bond acceptors (Lipinski definition) is 5. The number of rotatable bonds is 7. The normalized spacial score (nSPS) is 16.3. The largest absolute Gasteiger partial charge is 0.355 e. The predicted octanol–water partition coefficient (Wildman–Crippen LogP) is 2.28. The Bertz CT molecular complexity index is 736. The van der Waals surface area contributed by atoms with Gasteiger partial charge in [-0.1, -0.05) is 30.3 Å². The van der Waals surface area contributed by atoms with Crippen molar-refractivity contribution in [1.82, 2.24) is 25.0 Å². The van der Waals surface area contributed by atoms with E-state index in [-0.39, 0.29) is 0 Å². The first-order chi connectivity index (χ1) is 13.6. The second-order valence-corrected chi connectivity index (χ2v) is 8.35. The van der Waals surface area contributed by atoms with Crippen LogP contribution in [-0.4, -0.2) is 79.0 Å². The molecule has 1 N–H and O–H groups in total. The maximum Gasteiger partial charge on any atom is 0.193 e. The number of nitrogens with zero attached hydrogens (tertiary/aromatic N) is 5. The molecule has 6 nitrogen and oxygen atoms in total. The van der Waals surface area contributed by atoms with Crippen LogP contribution < -0.4 is 5.32 Å². The Morgan fingerprint density at radius 3 is 2.54 bits per heavy atom. The molecule has 0 aliphatic carbocycles. The molecule has 0 saturated carbocycles. The third-order valence-electron chi connectivity index (χ3n) is 5.06. The molecule has 2 aromatic rings. The van der Waals surface area contributed by atoms with E-state index in [1.807, 2.05) is 14.0 Å². The molecule has 28 heavy (non-hydrogen) atoms. The van der Waals surface area contributed by atoms with Crippen LogP contribution in [-0.2, 0) is 13.1 Å². The van der Waals surface area contributed by atoms with E-state index in [2.05, 4.69) is 72.8 Å². The highest BCUT2D eigenvalue weighted by Crippen LogP contribution is 2.10. The van der Waals surface area contributed by atoms with Crippen LogP contribution in [0.5, 0.6) is 0 Å². The molecule has 1 aliphatic heterocycles. The molecular formula is C21H32N6S. The quantitative estimate of drug-likeness (QED) is 0.571. The van der Waals surface area contributed by atoms with Gasteiger partial charge in [0.2, 0.25) is 0 Å². The number of hydrogen-bond donors (Lipinski definition) is 1. The molecule has 3 rings (SSSR count). The number of aryl methyl sites for hydroxylation is 1. The minimum atomic E-state index is 0.780. The van der Waals surface area contributed by atoms with Crippen molar-refractivity contribution < 1.29 is 0 Å². The molecule has 1 aromatic heterocycles. The van der Waals surface area contributed by atoms with Crippen LogP contribution in [0, 0.1) is 6.92 Å². The summed E-state index contributed by atoms with van der Waals surface area (Å²) in [6, 6.07) is 10.8. The first kappa shape index (κ1) is 20.8. The summed E-state index contributed by atoms with van der Waals surface area (Å²) in [6.07, 6.45) is 0. The van der Waals surface area contributed by atoms with Crippen molar-refractivity contribution in [3.63, 3.8) is 0 Å². The van der Waals surface area contributed by atoms with E-state index >= 15 is 0 Å². The van der Waals surface area contributed by atoms with Crippen molar-refractivity contribution >= 4 is 17.3 Å². The fourth-order valence-electron chi connectivity index (χ4n) is 3.52. The number of thiazole rings is 1. The summed E-state index contributed by atoms with van der Waals surface area (Å²) in [5.41, 5.74) is 2.50. The molecule has 152 valence electrons. The first-order valence-electron chi connectivity index (χ1n) is 9.95. The molecule has 0 spiro atoms. The van der Waals surface area contributed by atoms with Crippen molar-refractivity contribution in [1.29, 1.82) is 0 Å². The Balaban J connectivity index is 1.35. The van der Waals surface area contributed by atoms with Gasteiger partial charge in [-0.2, -0.15) is 0 Å². The summed E-state index contributed by atoms with van der Waals surface area (Å²) >= 11 is 1.69. The van der Waals surface area contributed by atoms with Gasteiger partial charge < -0.3 is 10.2 Å². The molecule has 7 heteroatoms. The zero-order chi connectivity index (χ0) is 19.8. The van der Waals surface area contributed by atoms with Crippen molar-refractivity contribution in [2.24, 2.45) is 4.99 Å². The van der Waals surface area contributed by atoms with Crippen LogP contribution in [0.15, 0.2) is 40.7 Å². The lowest BCUT2D eigenvalue weighted by molar-refractivity contribution is 0.128. The lowest BCUT2D eigenvalue weighted by Gasteiger charge is -2.35. The molecule has 1 fully saturated rings. The third kappa shape index (κ3) is 6.29. The van der Waals surface area contributed by atoms with Gasteiger partial charge in [-0.25, -0.2) is 4.98 Å². The maximum absolute atomic E-state index is 4.54. The molecular weight excluding hydrogens is 368 g/mol. The van der Waals surface area contributed by atoms with E-state index in [9.17, 15) is 0 Å². The summed E-state index contributed by atoms with van der Waals surface area (Å²) < 4.78 is 0. The fourth-order valence-corrected chi connectivity index (χ4v) is 4.13. The lowest BCUT2D eigenvalue weighted by Crippen LogP contribution is -2.49. The van der Waals surface area contributed by atoms with Crippen molar-refractivity contribution in [3.05, 3.63) is 52.0 Å². The summed E-state index contributed by atoms with van der Waals surface area (Å²) in [5.74, 6) is 0.924. The predicted molar refractivity (Wildman–Crippen MR) is 118 cm³/mol. The van der Waals surface area contributed by atoms with E-state index < -0.39 is 0 Å². The number of aromatic nitrogens is 1. The molecule has 2 heterocycles. The van der Waals surface area contributed by atoms with Crippen LogP contribution in [0.1, 0.15) is 16.3 Å². The highest BCUT2D eigenvalue weighted by Gasteiger charge is 2.17. The molecule has 0 unspecified atom stereocenters. The molecule has 0 atom stereocenters. The van der Waals surface area contributed by atoms with Gasteiger partial charge in [0.05, 0.1) is 17.2 Å². The van der Waals surface area contributed by atoms with Crippen molar-refractivity contribution in [3.8, 4) is 0 Å². The molecule has 0 radical (unpaired) electrons. The smallest absolute Gasteiger partial charge is 0.193 e. The van der Waals surface area contributed by atoms with E-state index in [4.69, 9.17) is 0 Å². The fraction of sp³-hybridized carbons (Fsp3) is 0.524. The monoisotopic (exact) mass is 400 g/mol. The Morgan fingerprint density at radius 2 is 1.89 bits per heavy atom. The van der Waals surface area contributed by atoms with E-state index in [0.717, 1.165) is 69.0 Å². The van der Waals surface area contributed by atoms with Crippen molar-refractivity contribution in [2.45, 2.75) is 20.0 Å². The van der Waals surface area contributed by atoms with Crippen LogP contribution >= 0.6 is 11.3 Å². The minimum absolute atomic E-state index is 0.780. The van der Waals surface area contributed by atoms with Gasteiger partial charge in [0.1, 0.15) is 0 Å². The Labute approximate surface area is 172 Å². The molecule has 1 aromatic carbocycles. The second kappa shape index (κ2) is 10.5. The number of piperazine rings is 1. The summed E-state index contributed by atoms with van der Waals surface area (Å²) in [6.45, 7) is 10.3. The van der Waals surface area contributed by atoms with E-state index in [1.165, 1.54) is 5.56 Å². The molecule has 0 amide bonds. The summed E-state index contributed by atoms with van der Waals surface area (Å²) in [7, 11) is 3.90. The van der Waals surface area contributed by atoms with Gasteiger partial charge in [0.25, 0.3) is 0 Å². The van der Waals surface area contributed by atoms with Gasteiger partial charge in [0, 0.05) is 65.3 Å². The van der Waals surface area contributed by atoms with Crippen LogP contribution in [0.3, 0.4) is 0 Å².